The van der Waals surface area contributed by atoms with E-state index in [4.69, 9.17) is 5.73 Å². The molecule has 19 heavy (non-hydrogen) atoms. The monoisotopic (exact) mass is 260 g/mol. The van der Waals surface area contributed by atoms with Gasteiger partial charge in [-0.1, -0.05) is 23.8 Å². The lowest BCUT2D eigenvalue weighted by Gasteiger charge is -2.34. The molecule has 3 nitrogen and oxygen atoms in total. The molecular formula is C16H24N2O. The second-order valence-corrected chi connectivity index (χ2v) is 6.20. The maximum atomic E-state index is 12.5. The third-order valence-corrected chi connectivity index (χ3v) is 4.41. The third-order valence-electron chi connectivity index (χ3n) is 4.41. The minimum Gasteiger partial charge on any atom is -0.336 e. The summed E-state index contributed by atoms with van der Waals surface area (Å²) in [5.41, 5.74) is 9.40. The molecular weight excluding hydrogens is 236 g/mol. The summed E-state index contributed by atoms with van der Waals surface area (Å²) in [6.07, 6.45) is 1.37. The molecule has 1 heterocycles. The summed E-state index contributed by atoms with van der Waals surface area (Å²) in [5.74, 6) is 0.185. The molecule has 1 unspecified atom stereocenters. The first kappa shape index (κ1) is 14.1. The fourth-order valence-electron chi connectivity index (χ4n) is 2.86. The second kappa shape index (κ2) is 4.97. The SMILES string of the molecule is Cc1ccc(CC(=O)N2CCC(N)C2(C)C)c(C)c1. The van der Waals surface area contributed by atoms with Crippen molar-refractivity contribution >= 4 is 5.91 Å². The molecule has 0 bridgehead atoms. The van der Waals surface area contributed by atoms with Gasteiger partial charge in [-0.2, -0.15) is 0 Å². The highest BCUT2D eigenvalue weighted by atomic mass is 16.2. The van der Waals surface area contributed by atoms with Gasteiger partial charge in [0, 0.05) is 12.6 Å². The number of carbonyl (C=O) groups is 1. The fraction of sp³-hybridized carbons (Fsp3) is 0.562. The predicted molar refractivity (Wildman–Crippen MR) is 78.0 cm³/mol. The summed E-state index contributed by atoms with van der Waals surface area (Å²) in [7, 11) is 0. The number of hydrogen-bond acceptors (Lipinski definition) is 2. The lowest BCUT2D eigenvalue weighted by molar-refractivity contribution is -0.133. The average Bonchev–Trinajstić information content (AvgIpc) is 2.58. The summed E-state index contributed by atoms with van der Waals surface area (Å²) in [5, 5.41) is 0. The quantitative estimate of drug-likeness (QED) is 0.886. The zero-order valence-electron chi connectivity index (χ0n) is 12.4. The van der Waals surface area contributed by atoms with Crippen molar-refractivity contribution in [1.82, 2.24) is 4.90 Å². The van der Waals surface area contributed by atoms with Crippen molar-refractivity contribution in [2.45, 2.75) is 52.1 Å². The molecule has 0 aromatic heterocycles. The van der Waals surface area contributed by atoms with Crippen LogP contribution in [0.3, 0.4) is 0 Å². The predicted octanol–water partition coefficient (Wildman–Crippen LogP) is 2.18. The molecule has 0 radical (unpaired) electrons. The molecule has 1 aromatic rings. The first-order valence-electron chi connectivity index (χ1n) is 6.94. The van der Waals surface area contributed by atoms with Gasteiger partial charge in [0.15, 0.2) is 0 Å². The number of hydrogen-bond donors (Lipinski definition) is 1. The van der Waals surface area contributed by atoms with Crippen LogP contribution in [0.5, 0.6) is 0 Å². The smallest absolute Gasteiger partial charge is 0.227 e. The molecule has 0 aliphatic carbocycles. The van der Waals surface area contributed by atoms with Crippen molar-refractivity contribution in [2.75, 3.05) is 6.54 Å². The Morgan fingerprint density at radius 3 is 2.63 bits per heavy atom. The van der Waals surface area contributed by atoms with E-state index in [1.165, 1.54) is 11.1 Å². The van der Waals surface area contributed by atoms with Crippen LogP contribution in [0.15, 0.2) is 18.2 Å². The highest BCUT2D eigenvalue weighted by Crippen LogP contribution is 2.28. The number of rotatable bonds is 2. The van der Waals surface area contributed by atoms with E-state index in [0.29, 0.717) is 6.42 Å². The van der Waals surface area contributed by atoms with Crippen LogP contribution in [-0.2, 0) is 11.2 Å². The van der Waals surface area contributed by atoms with Crippen LogP contribution >= 0.6 is 0 Å². The van der Waals surface area contributed by atoms with E-state index in [1.807, 2.05) is 4.90 Å². The van der Waals surface area contributed by atoms with E-state index in [2.05, 4.69) is 45.9 Å². The summed E-state index contributed by atoms with van der Waals surface area (Å²) in [6.45, 7) is 9.03. The van der Waals surface area contributed by atoms with Gasteiger partial charge in [0.25, 0.3) is 0 Å². The molecule has 104 valence electrons. The van der Waals surface area contributed by atoms with Crippen molar-refractivity contribution in [1.29, 1.82) is 0 Å². The van der Waals surface area contributed by atoms with Crippen LogP contribution in [0.25, 0.3) is 0 Å². The minimum absolute atomic E-state index is 0.0792. The lowest BCUT2D eigenvalue weighted by atomic mass is 9.96. The zero-order chi connectivity index (χ0) is 14.2. The van der Waals surface area contributed by atoms with Gasteiger partial charge in [-0.05, 0) is 45.2 Å². The Morgan fingerprint density at radius 2 is 2.11 bits per heavy atom. The van der Waals surface area contributed by atoms with Crippen molar-refractivity contribution in [3.8, 4) is 0 Å². The Labute approximate surface area is 115 Å². The number of amides is 1. The number of aryl methyl sites for hydroxylation is 2. The first-order valence-corrected chi connectivity index (χ1v) is 6.94. The Balaban J connectivity index is 2.14. The Bertz CT molecular complexity index is 494. The maximum absolute atomic E-state index is 12.5. The molecule has 0 spiro atoms. The van der Waals surface area contributed by atoms with Gasteiger partial charge in [-0.15, -0.1) is 0 Å². The topological polar surface area (TPSA) is 46.3 Å². The fourth-order valence-corrected chi connectivity index (χ4v) is 2.86. The molecule has 1 aliphatic rings. The van der Waals surface area contributed by atoms with Gasteiger partial charge in [0.2, 0.25) is 5.91 Å². The Morgan fingerprint density at radius 1 is 1.42 bits per heavy atom. The van der Waals surface area contributed by atoms with E-state index in [1.54, 1.807) is 0 Å². The second-order valence-electron chi connectivity index (χ2n) is 6.20. The normalized spacial score (nSPS) is 21.7. The number of carbonyl (C=O) groups excluding carboxylic acids is 1. The van der Waals surface area contributed by atoms with Crippen LogP contribution in [0.2, 0.25) is 0 Å². The van der Waals surface area contributed by atoms with E-state index in [9.17, 15) is 4.79 Å². The maximum Gasteiger partial charge on any atom is 0.227 e. The van der Waals surface area contributed by atoms with Gasteiger partial charge < -0.3 is 10.6 Å². The minimum atomic E-state index is -0.227. The Kier molecular flexibility index (Phi) is 3.68. The van der Waals surface area contributed by atoms with Crippen molar-refractivity contribution in [2.24, 2.45) is 5.73 Å². The van der Waals surface area contributed by atoms with E-state index in [-0.39, 0.29) is 17.5 Å². The van der Waals surface area contributed by atoms with Gasteiger partial charge in [-0.25, -0.2) is 0 Å². The number of likely N-dealkylation sites (tertiary alicyclic amines) is 1. The molecule has 2 rings (SSSR count). The van der Waals surface area contributed by atoms with Crippen LogP contribution in [0.4, 0.5) is 0 Å². The molecule has 1 atom stereocenters. The summed E-state index contributed by atoms with van der Waals surface area (Å²) in [4.78, 5) is 14.4. The van der Waals surface area contributed by atoms with Crippen LogP contribution < -0.4 is 5.73 Å². The van der Waals surface area contributed by atoms with Gasteiger partial charge in [0.1, 0.15) is 0 Å². The Hall–Kier alpha value is -1.35. The van der Waals surface area contributed by atoms with Crippen LogP contribution in [-0.4, -0.2) is 28.9 Å². The van der Waals surface area contributed by atoms with Crippen molar-refractivity contribution < 1.29 is 4.79 Å². The van der Waals surface area contributed by atoms with Crippen molar-refractivity contribution in [3.63, 3.8) is 0 Å². The van der Waals surface area contributed by atoms with Crippen LogP contribution in [0, 0.1) is 13.8 Å². The van der Waals surface area contributed by atoms with E-state index >= 15 is 0 Å². The zero-order valence-corrected chi connectivity index (χ0v) is 12.4. The third kappa shape index (κ3) is 2.66. The van der Waals surface area contributed by atoms with E-state index in [0.717, 1.165) is 18.5 Å². The molecule has 0 saturated carbocycles. The molecule has 1 amide bonds. The standard InChI is InChI=1S/C16H24N2O/c1-11-5-6-13(12(2)9-11)10-15(19)18-8-7-14(17)16(18,3)4/h5-6,9,14H,7-8,10,17H2,1-4H3. The summed E-state index contributed by atoms with van der Waals surface area (Å²) < 4.78 is 0. The first-order chi connectivity index (χ1) is 8.82. The van der Waals surface area contributed by atoms with E-state index < -0.39 is 0 Å². The molecule has 1 fully saturated rings. The average molecular weight is 260 g/mol. The van der Waals surface area contributed by atoms with Gasteiger partial charge in [-0.3, -0.25) is 4.79 Å². The molecule has 1 saturated heterocycles. The molecule has 3 heteroatoms. The van der Waals surface area contributed by atoms with Gasteiger partial charge >= 0.3 is 0 Å². The largest absolute Gasteiger partial charge is 0.336 e. The van der Waals surface area contributed by atoms with Crippen LogP contribution in [0.1, 0.15) is 37.0 Å². The number of nitrogens with zero attached hydrogens (tertiary/aromatic N) is 1. The summed E-state index contributed by atoms with van der Waals surface area (Å²) in [6, 6.07) is 6.33. The highest BCUT2D eigenvalue weighted by molar-refractivity contribution is 5.80. The van der Waals surface area contributed by atoms with Gasteiger partial charge in [0.05, 0.1) is 12.0 Å². The number of benzene rings is 1. The summed E-state index contributed by atoms with van der Waals surface area (Å²) >= 11 is 0. The molecule has 2 N–H and O–H groups in total. The lowest BCUT2D eigenvalue weighted by Crippen LogP contribution is -2.51. The number of nitrogens with two attached hydrogens (primary N) is 1. The van der Waals surface area contributed by atoms with Crippen molar-refractivity contribution in [3.05, 3.63) is 34.9 Å². The highest BCUT2D eigenvalue weighted by Gasteiger charge is 2.41. The molecule has 1 aliphatic heterocycles. The molecule has 1 aromatic carbocycles.